The molecule has 4 nitrogen and oxygen atoms in total. The summed E-state index contributed by atoms with van der Waals surface area (Å²) in [5, 5.41) is 13.0. The van der Waals surface area contributed by atoms with Crippen LogP contribution in [0.2, 0.25) is 0 Å². The van der Waals surface area contributed by atoms with E-state index in [-0.39, 0.29) is 5.75 Å². The Balaban J connectivity index is 2.14. The zero-order valence-electron chi connectivity index (χ0n) is 9.87. The molecule has 2 N–H and O–H groups in total. The molecule has 17 heavy (non-hydrogen) atoms. The van der Waals surface area contributed by atoms with E-state index >= 15 is 0 Å². The van der Waals surface area contributed by atoms with E-state index in [0.29, 0.717) is 17.9 Å². The van der Waals surface area contributed by atoms with Crippen molar-refractivity contribution in [2.24, 2.45) is 0 Å². The lowest BCUT2D eigenvalue weighted by Gasteiger charge is -2.27. The first kappa shape index (κ1) is 12.1. The largest absolute Gasteiger partial charge is 0.507 e. The summed E-state index contributed by atoms with van der Waals surface area (Å²) in [4.78, 5) is 2.11. The second-order valence-electron chi connectivity index (χ2n) is 4.13. The third kappa shape index (κ3) is 2.87. The monoisotopic (exact) mass is 240 g/mol. The van der Waals surface area contributed by atoms with Crippen LogP contribution in [0.4, 0.5) is 4.39 Å². The number of piperazine rings is 1. The lowest BCUT2D eigenvalue weighted by Crippen LogP contribution is -2.43. The van der Waals surface area contributed by atoms with Crippen molar-refractivity contribution in [3.05, 3.63) is 23.5 Å². The minimum absolute atomic E-state index is 0.0413. The molecule has 1 aliphatic heterocycles. The highest BCUT2D eigenvalue weighted by Gasteiger charge is 2.16. The van der Waals surface area contributed by atoms with Gasteiger partial charge >= 0.3 is 0 Å². The Bertz CT molecular complexity index is 369. The minimum Gasteiger partial charge on any atom is -0.507 e. The SMILES string of the molecule is COc1cc(O)c(CN2CCNCC2)c(F)c1. The van der Waals surface area contributed by atoms with Crippen LogP contribution in [0.1, 0.15) is 5.56 Å². The number of nitrogens with zero attached hydrogens (tertiary/aromatic N) is 1. The van der Waals surface area contributed by atoms with E-state index in [4.69, 9.17) is 4.74 Å². The van der Waals surface area contributed by atoms with Gasteiger partial charge in [-0.3, -0.25) is 4.90 Å². The van der Waals surface area contributed by atoms with Gasteiger partial charge in [0.1, 0.15) is 17.3 Å². The molecule has 1 aromatic rings. The summed E-state index contributed by atoms with van der Waals surface area (Å²) in [6.45, 7) is 3.97. The molecule has 5 heteroatoms. The molecule has 1 aliphatic rings. The number of hydrogen-bond acceptors (Lipinski definition) is 4. The molecule has 0 unspecified atom stereocenters. The first-order valence-electron chi connectivity index (χ1n) is 5.69. The Morgan fingerprint density at radius 1 is 1.41 bits per heavy atom. The number of ether oxygens (including phenoxy) is 1. The predicted molar refractivity (Wildman–Crippen MR) is 62.8 cm³/mol. The molecule has 0 atom stereocenters. The van der Waals surface area contributed by atoms with Crippen molar-refractivity contribution in [1.82, 2.24) is 10.2 Å². The third-order valence-corrected chi connectivity index (χ3v) is 2.97. The quantitative estimate of drug-likeness (QED) is 0.825. The fourth-order valence-corrected chi connectivity index (χ4v) is 1.97. The van der Waals surface area contributed by atoms with Crippen LogP contribution in [-0.2, 0) is 6.54 Å². The van der Waals surface area contributed by atoms with Gasteiger partial charge in [0.05, 0.1) is 7.11 Å². The van der Waals surface area contributed by atoms with Gasteiger partial charge in [0.2, 0.25) is 0 Å². The first-order valence-corrected chi connectivity index (χ1v) is 5.69. The Kier molecular flexibility index (Phi) is 3.81. The maximum Gasteiger partial charge on any atom is 0.135 e. The fourth-order valence-electron chi connectivity index (χ4n) is 1.97. The van der Waals surface area contributed by atoms with E-state index in [1.165, 1.54) is 19.2 Å². The first-order chi connectivity index (χ1) is 8.20. The average Bonchev–Trinajstić information content (AvgIpc) is 2.35. The molecule has 1 aromatic carbocycles. The van der Waals surface area contributed by atoms with Gasteiger partial charge < -0.3 is 15.2 Å². The van der Waals surface area contributed by atoms with Crippen molar-refractivity contribution in [1.29, 1.82) is 0 Å². The summed E-state index contributed by atoms with van der Waals surface area (Å²) in [6.07, 6.45) is 0. The molecule has 94 valence electrons. The van der Waals surface area contributed by atoms with Crippen LogP contribution >= 0.6 is 0 Å². The Morgan fingerprint density at radius 3 is 2.71 bits per heavy atom. The molecule has 0 saturated carbocycles. The van der Waals surface area contributed by atoms with E-state index in [0.717, 1.165) is 26.2 Å². The summed E-state index contributed by atoms with van der Waals surface area (Å²) in [5.74, 6) is -0.121. The smallest absolute Gasteiger partial charge is 0.135 e. The molecule has 1 fully saturated rings. The zero-order chi connectivity index (χ0) is 12.3. The van der Waals surface area contributed by atoms with Gasteiger partial charge in [-0.15, -0.1) is 0 Å². The van der Waals surface area contributed by atoms with Crippen molar-refractivity contribution in [3.8, 4) is 11.5 Å². The predicted octanol–water partition coefficient (Wildman–Crippen LogP) is 0.945. The Morgan fingerprint density at radius 2 is 2.12 bits per heavy atom. The fraction of sp³-hybridized carbons (Fsp3) is 0.500. The van der Waals surface area contributed by atoms with Gasteiger partial charge in [0, 0.05) is 50.4 Å². The van der Waals surface area contributed by atoms with Crippen LogP contribution in [0.5, 0.6) is 11.5 Å². The summed E-state index contributed by atoms with van der Waals surface area (Å²) in [5.41, 5.74) is 0.340. The van der Waals surface area contributed by atoms with Gasteiger partial charge in [-0.25, -0.2) is 4.39 Å². The molecule has 1 saturated heterocycles. The zero-order valence-corrected chi connectivity index (χ0v) is 9.87. The highest BCUT2D eigenvalue weighted by atomic mass is 19.1. The highest BCUT2D eigenvalue weighted by Crippen LogP contribution is 2.27. The number of aromatic hydroxyl groups is 1. The highest BCUT2D eigenvalue weighted by molar-refractivity contribution is 5.40. The van der Waals surface area contributed by atoms with Crippen molar-refractivity contribution in [2.45, 2.75) is 6.54 Å². The molecule has 0 amide bonds. The van der Waals surface area contributed by atoms with Gasteiger partial charge in [0.15, 0.2) is 0 Å². The van der Waals surface area contributed by atoms with Crippen LogP contribution < -0.4 is 10.1 Å². The minimum atomic E-state index is -0.416. The van der Waals surface area contributed by atoms with E-state index < -0.39 is 5.82 Å². The average molecular weight is 240 g/mol. The summed E-state index contributed by atoms with van der Waals surface area (Å²) in [6, 6.07) is 2.75. The van der Waals surface area contributed by atoms with Crippen molar-refractivity contribution in [3.63, 3.8) is 0 Å². The van der Waals surface area contributed by atoms with E-state index in [2.05, 4.69) is 10.2 Å². The number of phenolic OH excluding ortho intramolecular Hbond substituents is 1. The molecular formula is C12H17FN2O2. The van der Waals surface area contributed by atoms with Crippen molar-refractivity contribution in [2.75, 3.05) is 33.3 Å². The molecule has 1 heterocycles. The molecule has 0 radical (unpaired) electrons. The van der Waals surface area contributed by atoms with Crippen LogP contribution in [0.15, 0.2) is 12.1 Å². The van der Waals surface area contributed by atoms with E-state index in [9.17, 15) is 9.50 Å². The molecule has 0 bridgehead atoms. The van der Waals surface area contributed by atoms with Crippen LogP contribution in [0, 0.1) is 5.82 Å². The molecule has 0 aliphatic carbocycles. The van der Waals surface area contributed by atoms with Crippen molar-refractivity contribution >= 4 is 0 Å². The standard InChI is InChI=1S/C12H17FN2O2/c1-17-9-6-11(13)10(12(16)7-9)8-15-4-2-14-3-5-15/h6-7,14,16H,2-5,8H2,1H3. The second kappa shape index (κ2) is 5.33. The number of methoxy groups -OCH3 is 1. The van der Waals surface area contributed by atoms with Crippen LogP contribution in [0.25, 0.3) is 0 Å². The number of rotatable bonds is 3. The Hall–Kier alpha value is -1.33. The number of nitrogens with one attached hydrogen (secondary N) is 1. The van der Waals surface area contributed by atoms with Gasteiger partial charge in [-0.05, 0) is 0 Å². The lowest BCUT2D eigenvalue weighted by molar-refractivity contribution is 0.227. The summed E-state index contributed by atoms with van der Waals surface area (Å²) < 4.78 is 18.7. The number of benzene rings is 1. The lowest BCUT2D eigenvalue weighted by atomic mass is 10.1. The molecular weight excluding hydrogens is 223 g/mol. The van der Waals surface area contributed by atoms with Gasteiger partial charge in [0.25, 0.3) is 0 Å². The van der Waals surface area contributed by atoms with Crippen LogP contribution in [0.3, 0.4) is 0 Å². The maximum absolute atomic E-state index is 13.8. The normalized spacial score (nSPS) is 17.1. The van der Waals surface area contributed by atoms with E-state index in [1.807, 2.05) is 0 Å². The molecule has 2 rings (SSSR count). The Labute approximate surface area is 100.0 Å². The topological polar surface area (TPSA) is 44.7 Å². The van der Waals surface area contributed by atoms with Crippen molar-refractivity contribution < 1.29 is 14.2 Å². The number of phenols is 1. The maximum atomic E-state index is 13.8. The molecule has 0 aromatic heterocycles. The summed E-state index contributed by atoms with van der Waals surface area (Å²) in [7, 11) is 1.45. The van der Waals surface area contributed by atoms with Gasteiger partial charge in [-0.2, -0.15) is 0 Å². The third-order valence-electron chi connectivity index (χ3n) is 2.97. The van der Waals surface area contributed by atoms with E-state index in [1.54, 1.807) is 0 Å². The number of hydrogen-bond donors (Lipinski definition) is 2. The van der Waals surface area contributed by atoms with Crippen LogP contribution in [-0.4, -0.2) is 43.3 Å². The second-order valence-corrected chi connectivity index (χ2v) is 4.13. The molecule has 0 spiro atoms. The summed E-state index contributed by atoms with van der Waals surface area (Å²) >= 11 is 0. The number of halogens is 1. The van der Waals surface area contributed by atoms with Gasteiger partial charge in [-0.1, -0.05) is 0 Å².